The van der Waals surface area contributed by atoms with Crippen molar-refractivity contribution in [2.24, 2.45) is 11.1 Å². The molecule has 252 valence electrons. The predicted octanol–water partition coefficient (Wildman–Crippen LogP) is 2.27. The third-order valence-corrected chi connectivity index (χ3v) is 10.1. The number of rotatable bonds is 13. The fourth-order valence-electron chi connectivity index (χ4n) is 6.71. The summed E-state index contributed by atoms with van der Waals surface area (Å²) < 4.78 is 36.0. The molecule has 3 heterocycles. The van der Waals surface area contributed by atoms with Crippen LogP contribution in [0.4, 0.5) is 5.82 Å². The van der Waals surface area contributed by atoms with E-state index in [4.69, 9.17) is 24.6 Å². The van der Waals surface area contributed by atoms with E-state index in [1.54, 1.807) is 10.9 Å². The van der Waals surface area contributed by atoms with Crippen molar-refractivity contribution < 1.29 is 28.1 Å². The Morgan fingerprint density at radius 2 is 1.66 bits per heavy atom. The second kappa shape index (κ2) is 14.7. The number of imidazole rings is 1. The second-order valence-corrected chi connectivity index (χ2v) is 14.2. The number of anilines is 1. The molecular weight excluding hydrogens is 622 g/mol. The SMILES string of the molecule is COC[C@H]1O[C@@H](n2cnc3c(NCC(c4ccccc4)c4ccccc4)nc(CNC4CCC(CS(N)(=O)=O)CC4)nc32)[C@H](O)[C@@H]1O. The first-order valence-electron chi connectivity index (χ1n) is 16.0. The van der Waals surface area contributed by atoms with Crippen molar-refractivity contribution >= 4 is 27.0 Å². The highest BCUT2D eigenvalue weighted by molar-refractivity contribution is 7.89. The minimum absolute atomic E-state index is 0.0144. The smallest absolute Gasteiger partial charge is 0.209 e. The van der Waals surface area contributed by atoms with Gasteiger partial charge in [0.05, 0.1) is 25.2 Å². The molecule has 6 N–H and O–H groups in total. The molecule has 1 saturated carbocycles. The summed E-state index contributed by atoms with van der Waals surface area (Å²) in [6, 6.07) is 20.7. The number of hydrogen-bond donors (Lipinski definition) is 5. The third kappa shape index (κ3) is 7.97. The fraction of sp³-hybridized carbons (Fsp3) is 0.485. The normalized spacial score (nSPS) is 25.0. The Bertz CT molecular complexity index is 1680. The summed E-state index contributed by atoms with van der Waals surface area (Å²) in [5.41, 5.74) is 3.28. The van der Waals surface area contributed by atoms with Crippen LogP contribution in [-0.4, -0.2) is 88.5 Å². The number of aliphatic hydroxyl groups is 2. The van der Waals surface area contributed by atoms with Crippen molar-refractivity contribution in [1.29, 1.82) is 0 Å². The van der Waals surface area contributed by atoms with Gasteiger partial charge in [0, 0.05) is 25.6 Å². The van der Waals surface area contributed by atoms with Crippen LogP contribution in [0.15, 0.2) is 67.0 Å². The van der Waals surface area contributed by atoms with Crippen LogP contribution in [-0.2, 0) is 26.0 Å². The summed E-state index contributed by atoms with van der Waals surface area (Å²) in [6.07, 6.45) is 0.758. The number of hydrogen-bond acceptors (Lipinski definition) is 11. The number of methoxy groups -OCH3 is 1. The molecule has 0 spiro atoms. The third-order valence-electron chi connectivity index (χ3n) is 9.15. The Morgan fingerprint density at radius 1 is 1.00 bits per heavy atom. The van der Waals surface area contributed by atoms with Gasteiger partial charge in [0.1, 0.15) is 24.1 Å². The molecule has 2 aromatic carbocycles. The van der Waals surface area contributed by atoms with Crippen LogP contribution in [0.5, 0.6) is 0 Å². The van der Waals surface area contributed by atoms with E-state index in [0.29, 0.717) is 35.9 Å². The van der Waals surface area contributed by atoms with Gasteiger partial charge in [-0.15, -0.1) is 0 Å². The van der Waals surface area contributed by atoms with E-state index in [2.05, 4.69) is 39.9 Å². The zero-order valence-electron chi connectivity index (χ0n) is 26.4. The standard InChI is InChI=1S/C33H43N7O6S/c1-45-18-26-29(41)30(42)33(46-26)40-20-37-28-31(36-16-25(22-8-4-2-5-9-22)23-10-6-3-7-11-23)38-27(39-32(28)40)17-35-24-14-12-21(13-15-24)19-47(34,43)44/h2-11,20-21,24-26,29-30,33,35,41-42H,12-19H2,1H3,(H2,34,43,44)(H,36,38,39)/t21?,24?,26-,29-,30-,33-/m1/s1. The zero-order chi connectivity index (χ0) is 33.0. The predicted molar refractivity (Wildman–Crippen MR) is 177 cm³/mol. The molecule has 47 heavy (non-hydrogen) atoms. The van der Waals surface area contributed by atoms with Crippen LogP contribution in [0.1, 0.15) is 54.8 Å². The average Bonchev–Trinajstić information content (AvgIpc) is 3.61. The molecular formula is C33H43N7O6S. The van der Waals surface area contributed by atoms with Crippen LogP contribution in [0, 0.1) is 5.92 Å². The van der Waals surface area contributed by atoms with Crippen molar-refractivity contribution in [2.45, 2.75) is 68.7 Å². The highest BCUT2D eigenvalue weighted by Gasteiger charge is 2.44. The lowest BCUT2D eigenvalue weighted by Gasteiger charge is -2.28. The number of nitrogens with two attached hydrogens (primary N) is 1. The maximum atomic E-state index is 11.6. The van der Waals surface area contributed by atoms with E-state index >= 15 is 0 Å². The molecule has 13 nitrogen and oxygen atoms in total. The first kappa shape index (κ1) is 33.4. The lowest BCUT2D eigenvalue weighted by molar-refractivity contribution is -0.0580. The summed E-state index contributed by atoms with van der Waals surface area (Å²) in [5.74, 6) is 1.17. The number of aromatic nitrogens is 4. The zero-order valence-corrected chi connectivity index (χ0v) is 27.2. The minimum atomic E-state index is -3.50. The molecule has 0 radical (unpaired) electrons. The second-order valence-electron chi connectivity index (χ2n) is 12.5. The van der Waals surface area contributed by atoms with Crippen LogP contribution < -0.4 is 15.8 Å². The van der Waals surface area contributed by atoms with E-state index in [0.717, 1.165) is 36.8 Å². The number of ether oxygens (including phenoxy) is 2. The molecule has 0 amide bonds. The van der Waals surface area contributed by atoms with E-state index in [9.17, 15) is 18.6 Å². The monoisotopic (exact) mass is 665 g/mol. The minimum Gasteiger partial charge on any atom is -0.387 e. The van der Waals surface area contributed by atoms with Crippen LogP contribution >= 0.6 is 0 Å². The molecule has 1 aliphatic carbocycles. The van der Waals surface area contributed by atoms with E-state index in [-0.39, 0.29) is 30.2 Å². The van der Waals surface area contributed by atoms with Crippen molar-refractivity contribution in [1.82, 2.24) is 24.8 Å². The fourth-order valence-corrected chi connectivity index (χ4v) is 7.70. The van der Waals surface area contributed by atoms with Gasteiger partial charge in [-0.3, -0.25) is 4.57 Å². The Balaban J connectivity index is 1.27. The maximum absolute atomic E-state index is 11.6. The highest BCUT2D eigenvalue weighted by Crippen LogP contribution is 2.33. The van der Waals surface area contributed by atoms with E-state index in [1.165, 1.54) is 7.11 Å². The Hall–Kier alpha value is -3.50. The summed E-state index contributed by atoms with van der Waals surface area (Å²) >= 11 is 0. The number of sulfonamides is 1. The van der Waals surface area contributed by atoms with Gasteiger partial charge in [-0.05, 0) is 42.7 Å². The number of nitrogens with one attached hydrogen (secondary N) is 2. The lowest BCUT2D eigenvalue weighted by atomic mass is 9.87. The number of fused-ring (bicyclic) bond motifs is 1. The van der Waals surface area contributed by atoms with Crippen molar-refractivity contribution in [3.8, 4) is 0 Å². The van der Waals surface area contributed by atoms with Gasteiger partial charge in [0.25, 0.3) is 0 Å². The largest absolute Gasteiger partial charge is 0.387 e. The molecule has 2 fully saturated rings. The van der Waals surface area contributed by atoms with Crippen molar-refractivity contribution in [3.63, 3.8) is 0 Å². The van der Waals surface area contributed by atoms with Gasteiger partial charge in [-0.1, -0.05) is 60.7 Å². The van der Waals surface area contributed by atoms with E-state index < -0.39 is 34.6 Å². The average molecular weight is 666 g/mol. The van der Waals surface area contributed by atoms with Gasteiger partial charge in [0.15, 0.2) is 23.2 Å². The van der Waals surface area contributed by atoms with Crippen LogP contribution in [0.2, 0.25) is 0 Å². The molecule has 1 saturated heterocycles. The molecule has 1 aliphatic heterocycles. The molecule has 6 rings (SSSR count). The summed E-state index contributed by atoms with van der Waals surface area (Å²) in [7, 11) is -1.98. The summed E-state index contributed by atoms with van der Waals surface area (Å²) in [6.45, 7) is 1.02. The topological polar surface area (TPSA) is 187 Å². The number of aliphatic hydroxyl groups excluding tert-OH is 2. The number of nitrogens with zero attached hydrogens (tertiary/aromatic N) is 4. The Kier molecular flexibility index (Phi) is 10.5. The molecule has 14 heteroatoms. The summed E-state index contributed by atoms with van der Waals surface area (Å²) in [4.78, 5) is 14.4. The summed E-state index contributed by atoms with van der Waals surface area (Å²) in [5, 5.41) is 33.9. The Labute approximate surface area is 274 Å². The lowest BCUT2D eigenvalue weighted by Crippen LogP contribution is -2.35. The van der Waals surface area contributed by atoms with Crippen molar-refractivity contribution in [2.75, 3.05) is 31.3 Å². The van der Waals surface area contributed by atoms with Crippen LogP contribution in [0.3, 0.4) is 0 Å². The van der Waals surface area contributed by atoms with Crippen molar-refractivity contribution in [3.05, 3.63) is 83.9 Å². The van der Waals surface area contributed by atoms with Gasteiger partial charge >= 0.3 is 0 Å². The molecule has 2 aromatic heterocycles. The highest BCUT2D eigenvalue weighted by atomic mass is 32.2. The molecule has 4 aromatic rings. The number of benzene rings is 2. The van der Waals surface area contributed by atoms with E-state index in [1.807, 2.05) is 36.4 Å². The molecule has 2 aliphatic rings. The van der Waals surface area contributed by atoms with Gasteiger partial charge in [-0.2, -0.15) is 0 Å². The quantitative estimate of drug-likeness (QED) is 0.141. The van der Waals surface area contributed by atoms with Gasteiger partial charge < -0.3 is 30.3 Å². The molecule has 0 unspecified atom stereocenters. The first-order valence-corrected chi connectivity index (χ1v) is 17.7. The number of primary sulfonamides is 1. The van der Waals surface area contributed by atoms with Gasteiger partial charge in [0.2, 0.25) is 10.0 Å². The van der Waals surface area contributed by atoms with Gasteiger partial charge in [-0.25, -0.2) is 28.5 Å². The van der Waals surface area contributed by atoms with Crippen LogP contribution in [0.25, 0.3) is 11.2 Å². The Morgan fingerprint density at radius 3 is 2.28 bits per heavy atom. The molecule has 0 bridgehead atoms. The molecule has 4 atom stereocenters. The first-order chi connectivity index (χ1) is 22.7. The maximum Gasteiger partial charge on any atom is 0.209 e.